The lowest BCUT2D eigenvalue weighted by atomic mass is 10.0. The normalized spacial score (nSPS) is 17.4. The van der Waals surface area contributed by atoms with Crippen molar-refractivity contribution in [2.45, 2.75) is 44.1 Å². The molecule has 1 aromatic rings. The second-order valence-corrected chi connectivity index (χ2v) is 5.33. The van der Waals surface area contributed by atoms with Crippen LogP contribution in [0.2, 0.25) is 0 Å². The highest BCUT2D eigenvalue weighted by molar-refractivity contribution is 5.76. The molecule has 0 aliphatic heterocycles. The van der Waals surface area contributed by atoms with Crippen LogP contribution in [-0.2, 0) is 11.2 Å². The van der Waals surface area contributed by atoms with Gasteiger partial charge in [0.1, 0.15) is 5.82 Å². The van der Waals surface area contributed by atoms with Crippen molar-refractivity contribution in [2.24, 2.45) is 0 Å². The van der Waals surface area contributed by atoms with Crippen molar-refractivity contribution in [3.05, 3.63) is 35.6 Å². The van der Waals surface area contributed by atoms with Crippen molar-refractivity contribution in [1.82, 2.24) is 5.32 Å². The molecule has 3 nitrogen and oxygen atoms in total. The Labute approximate surface area is 112 Å². The summed E-state index contributed by atoms with van der Waals surface area (Å²) in [4.78, 5) is 11.7. The Hall–Kier alpha value is -1.42. The maximum absolute atomic E-state index is 12.7. The van der Waals surface area contributed by atoms with Crippen LogP contribution in [0.5, 0.6) is 0 Å². The molecule has 0 atom stereocenters. The number of nitrogens with one attached hydrogen (secondary N) is 1. The third kappa shape index (κ3) is 4.31. The fraction of sp³-hybridized carbons (Fsp3) is 0.533. The molecule has 4 heteroatoms. The third-order valence-electron chi connectivity index (χ3n) is 3.70. The number of carbonyl (C=O) groups excluding carboxylic acids is 1. The van der Waals surface area contributed by atoms with Gasteiger partial charge >= 0.3 is 0 Å². The number of hydrogen-bond acceptors (Lipinski definition) is 2. The molecule has 19 heavy (non-hydrogen) atoms. The molecule has 1 amide bonds. The number of carbonyl (C=O) groups is 1. The zero-order chi connectivity index (χ0) is 13.7. The van der Waals surface area contributed by atoms with E-state index in [0.717, 1.165) is 31.2 Å². The van der Waals surface area contributed by atoms with Crippen LogP contribution in [0.15, 0.2) is 24.3 Å². The highest BCUT2D eigenvalue weighted by atomic mass is 19.1. The number of benzene rings is 1. The van der Waals surface area contributed by atoms with Crippen molar-refractivity contribution < 1.29 is 14.3 Å². The molecule has 1 saturated carbocycles. The van der Waals surface area contributed by atoms with Crippen LogP contribution in [0.25, 0.3) is 0 Å². The molecule has 1 aliphatic carbocycles. The fourth-order valence-corrected chi connectivity index (χ4v) is 2.47. The predicted octanol–water partition coefficient (Wildman–Crippen LogP) is 2.18. The van der Waals surface area contributed by atoms with Crippen LogP contribution in [0, 0.1) is 5.82 Å². The van der Waals surface area contributed by atoms with E-state index >= 15 is 0 Å². The number of aryl methyl sites for hydroxylation is 1. The van der Waals surface area contributed by atoms with Gasteiger partial charge in [-0.15, -0.1) is 0 Å². The lowest BCUT2D eigenvalue weighted by Crippen LogP contribution is -2.40. The monoisotopic (exact) mass is 265 g/mol. The summed E-state index contributed by atoms with van der Waals surface area (Å²) in [5.74, 6) is -0.332. The van der Waals surface area contributed by atoms with Crippen LogP contribution in [0.1, 0.15) is 37.7 Å². The van der Waals surface area contributed by atoms with E-state index in [9.17, 15) is 14.3 Å². The Balaban J connectivity index is 1.71. The molecule has 2 N–H and O–H groups in total. The third-order valence-corrected chi connectivity index (χ3v) is 3.70. The molecule has 0 aromatic heterocycles. The first-order valence-corrected chi connectivity index (χ1v) is 6.81. The van der Waals surface area contributed by atoms with Gasteiger partial charge in [-0.1, -0.05) is 25.0 Å². The standard InChI is InChI=1S/C15H20FNO2/c16-13-6-3-12(4-7-13)5-8-14(18)17-11-15(19)9-1-2-10-15/h3-4,6-7,19H,1-2,5,8-11H2,(H,17,18). The lowest BCUT2D eigenvalue weighted by molar-refractivity contribution is -0.122. The van der Waals surface area contributed by atoms with Gasteiger partial charge in [-0.2, -0.15) is 0 Å². The van der Waals surface area contributed by atoms with Gasteiger partial charge in [0.2, 0.25) is 5.91 Å². The number of aliphatic hydroxyl groups is 1. The summed E-state index contributed by atoms with van der Waals surface area (Å²) in [7, 11) is 0. The number of halogens is 1. The summed E-state index contributed by atoms with van der Waals surface area (Å²) in [5, 5.41) is 12.9. The van der Waals surface area contributed by atoms with Crippen LogP contribution in [-0.4, -0.2) is 23.2 Å². The van der Waals surface area contributed by atoms with E-state index in [4.69, 9.17) is 0 Å². The number of hydrogen-bond donors (Lipinski definition) is 2. The van der Waals surface area contributed by atoms with Crippen LogP contribution in [0.3, 0.4) is 0 Å². The molecule has 2 rings (SSSR count). The SMILES string of the molecule is O=C(CCc1ccc(F)cc1)NCC1(O)CCCC1. The first-order chi connectivity index (χ1) is 9.07. The van der Waals surface area contributed by atoms with E-state index in [1.54, 1.807) is 12.1 Å². The van der Waals surface area contributed by atoms with Gasteiger partial charge < -0.3 is 10.4 Å². The van der Waals surface area contributed by atoms with Gasteiger partial charge in [0, 0.05) is 13.0 Å². The highest BCUT2D eigenvalue weighted by Crippen LogP contribution is 2.28. The zero-order valence-electron chi connectivity index (χ0n) is 11.0. The maximum Gasteiger partial charge on any atom is 0.220 e. The van der Waals surface area contributed by atoms with E-state index in [2.05, 4.69) is 5.32 Å². The van der Waals surface area contributed by atoms with Gasteiger partial charge in [-0.05, 0) is 37.0 Å². The fourth-order valence-electron chi connectivity index (χ4n) is 2.47. The minimum Gasteiger partial charge on any atom is -0.388 e. The molecule has 1 fully saturated rings. The molecular formula is C15H20FNO2. The van der Waals surface area contributed by atoms with Crippen molar-refractivity contribution in [1.29, 1.82) is 0 Å². The topological polar surface area (TPSA) is 49.3 Å². The first kappa shape index (κ1) is 14.0. The summed E-state index contributed by atoms with van der Waals surface area (Å²) in [6.07, 6.45) is 4.55. The van der Waals surface area contributed by atoms with Crippen molar-refractivity contribution in [3.8, 4) is 0 Å². The van der Waals surface area contributed by atoms with Gasteiger partial charge in [0.15, 0.2) is 0 Å². The van der Waals surface area contributed by atoms with E-state index < -0.39 is 5.60 Å². The van der Waals surface area contributed by atoms with Crippen molar-refractivity contribution in [2.75, 3.05) is 6.54 Å². The molecule has 0 saturated heterocycles. The average Bonchev–Trinajstić information content (AvgIpc) is 2.83. The van der Waals surface area contributed by atoms with Crippen LogP contribution in [0.4, 0.5) is 4.39 Å². The lowest BCUT2D eigenvalue weighted by Gasteiger charge is -2.22. The summed E-state index contributed by atoms with van der Waals surface area (Å²) in [6.45, 7) is 0.343. The Morgan fingerprint density at radius 2 is 1.89 bits per heavy atom. The average molecular weight is 265 g/mol. The van der Waals surface area contributed by atoms with Crippen molar-refractivity contribution in [3.63, 3.8) is 0 Å². The molecule has 104 valence electrons. The molecule has 1 aromatic carbocycles. The molecule has 0 unspecified atom stereocenters. The zero-order valence-corrected chi connectivity index (χ0v) is 11.0. The molecule has 0 radical (unpaired) electrons. The minimum atomic E-state index is -0.703. The van der Waals surface area contributed by atoms with E-state index in [1.807, 2.05) is 0 Å². The van der Waals surface area contributed by atoms with Crippen molar-refractivity contribution >= 4 is 5.91 Å². The van der Waals surface area contributed by atoms with E-state index in [-0.39, 0.29) is 11.7 Å². The Bertz CT molecular complexity index is 424. The summed E-state index contributed by atoms with van der Waals surface area (Å²) < 4.78 is 12.7. The highest BCUT2D eigenvalue weighted by Gasteiger charge is 2.31. The molecule has 0 spiro atoms. The Kier molecular flexibility index (Phi) is 4.53. The largest absolute Gasteiger partial charge is 0.388 e. The molecule has 0 heterocycles. The second kappa shape index (κ2) is 6.15. The van der Waals surface area contributed by atoms with E-state index in [0.29, 0.717) is 19.4 Å². The van der Waals surface area contributed by atoms with Gasteiger partial charge in [0.25, 0.3) is 0 Å². The quantitative estimate of drug-likeness (QED) is 0.857. The predicted molar refractivity (Wildman–Crippen MR) is 71.1 cm³/mol. The number of rotatable bonds is 5. The summed E-state index contributed by atoms with van der Waals surface area (Å²) in [6, 6.07) is 6.17. The summed E-state index contributed by atoms with van der Waals surface area (Å²) >= 11 is 0. The Morgan fingerprint density at radius 1 is 1.26 bits per heavy atom. The molecule has 1 aliphatic rings. The maximum atomic E-state index is 12.7. The van der Waals surface area contributed by atoms with Gasteiger partial charge in [0.05, 0.1) is 5.60 Å². The van der Waals surface area contributed by atoms with E-state index in [1.165, 1.54) is 12.1 Å². The molecular weight excluding hydrogens is 245 g/mol. The minimum absolute atomic E-state index is 0.0651. The van der Waals surface area contributed by atoms with Crippen LogP contribution < -0.4 is 5.32 Å². The second-order valence-electron chi connectivity index (χ2n) is 5.33. The summed E-state index contributed by atoms with van der Waals surface area (Å²) in [5.41, 5.74) is 0.238. The van der Waals surface area contributed by atoms with Crippen LogP contribution >= 0.6 is 0 Å². The number of amides is 1. The van der Waals surface area contributed by atoms with Gasteiger partial charge in [-0.3, -0.25) is 4.79 Å². The first-order valence-electron chi connectivity index (χ1n) is 6.81. The van der Waals surface area contributed by atoms with Gasteiger partial charge in [-0.25, -0.2) is 4.39 Å². The molecule has 0 bridgehead atoms. The Morgan fingerprint density at radius 3 is 2.53 bits per heavy atom. The smallest absolute Gasteiger partial charge is 0.220 e.